The van der Waals surface area contributed by atoms with Crippen molar-refractivity contribution in [2.24, 2.45) is 0 Å². The molecule has 0 radical (unpaired) electrons. The van der Waals surface area contributed by atoms with Gasteiger partial charge in [-0.05, 0) is 51.0 Å². The number of nitrogens with zero attached hydrogens (tertiary/aromatic N) is 3. The number of sulfonamides is 1. The number of methoxy groups -OCH3 is 1. The number of non-ortho nitro benzene ring substituents is 1. The van der Waals surface area contributed by atoms with Gasteiger partial charge in [-0.1, -0.05) is 25.1 Å². The molecule has 11 nitrogen and oxygen atoms in total. The number of amides is 2. The zero-order chi connectivity index (χ0) is 28.0. The molecule has 0 aliphatic rings. The molecule has 202 valence electrons. The van der Waals surface area contributed by atoms with Crippen LogP contribution < -0.4 is 14.4 Å². The van der Waals surface area contributed by atoms with E-state index in [0.29, 0.717) is 11.3 Å². The van der Waals surface area contributed by atoms with E-state index in [9.17, 15) is 28.1 Å². The average Bonchev–Trinajstić information content (AvgIpc) is 2.80. The summed E-state index contributed by atoms with van der Waals surface area (Å²) < 4.78 is 31.4. The highest BCUT2D eigenvalue weighted by Gasteiger charge is 2.33. The van der Waals surface area contributed by atoms with Crippen molar-refractivity contribution in [1.82, 2.24) is 10.2 Å². The van der Waals surface area contributed by atoms with Crippen LogP contribution in [0.5, 0.6) is 5.75 Å². The maximum Gasteiger partial charge on any atom is 0.271 e. The lowest BCUT2D eigenvalue weighted by atomic mass is 10.1. The summed E-state index contributed by atoms with van der Waals surface area (Å²) in [5, 5.41) is 14.1. The first kappa shape index (κ1) is 29.6. The minimum Gasteiger partial charge on any atom is -0.497 e. The third kappa shape index (κ3) is 8.45. The van der Waals surface area contributed by atoms with E-state index in [1.54, 1.807) is 31.2 Å². The molecule has 0 aromatic heterocycles. The Morgan fingerprint density at radius 3 is 2.32 bits per heavy atom. The van der Waals surface area contributed by atoms with Crippen LogP contribution in [0.4, 0.5) is 11.4 Å². The van der Waals surface area contributed by atoms with Crippen LogP contribution in [0.25, 0.3) is 0 Å². The van der Waals surface area contributed by atoms with E-state index in [0.717, 1.165) is 16.6 Å². The minimum atomic E-state index is -4.01. The molecular weight excluding hydrogens is 500 g/mol. The predicted octanol–water partition coefficient (Wildman–Crippen LogP) is 3.09. The zero-order valence-corrected chi connectivity index (χ0v) is 22.7. The molecule has 0 heterocycles. The van der Waals surface area contributed by atoms with E-state index in [1.165, 1.54) is 30.2 Å². The summed E-state index contributed by atoms with van der Waals surface area (Å²) in [7, 11) is -2.50. The van der Waals surface area contributed by atoms with Crippen molar-refractivity contribution in [2.45, 2.75) is 52.2 Å². The van der Waals surface area contributed by atoms with Crippen LogP contribution in [-0.2, 0) is 26.2 Å². The van der Waals surface area contributed by atoms with E-state index >= 15 is 0 Å². The van der Waals surface area contributed by atoms with Crippen LogP contribution in [0.3, 0.4) is 0 Å². The fourth-order valence-corrected chi connectivity index (χ4v) is 4.56. The van der Waals surface area contributed by atoms with Gasteiger partial charge >= 0.3 is 0 Å². The normalized spacial score (nSPS) is 12.4. The molecular formula is C25H34N4O7S. The summed E-state index contributed by atoms with van der Waals surface area (Å²) in [5.74, 6) is -0.463. The molecule has 2 aromatic rings. The standard InChI is InChI=1S/C25H34N4O7S/c1-7-22(24(31)26-25(2,3)4)27(16-18-10-8-13-21(14-18)36-5)23(30)17-28(37(6,34)35)19-11-9-12-20(15-19)29(32)33/h8-15,22H,7,16-17H2,1-6H3,(H,26,31). The smallest absolute Gasteiger partial charge is 0.271 e. The number of carbonyl (C=O) groups excluding carboxylic acids is 2. The van der Waals surface area contributed by atoms with Gasteiger partial charge in [-0.2, -0.15) is 0 Å². The Hall–Kier alpha value is -3.67. The number of benzene rings is 2. The molecule has 0 aliphatic heterocycles. The highest BCUT2D eigenvalue weighted by Crippen LogP contribution is 2.24. The molecule has 0 spiro atoms. The molecule has 0 fully saturated rings. The molecule has 2 aromatic carbocycles. The number of anilines is 1. The van der Waals surface area contributed by atoms with Gasteiger partial charge in [0.25, 0.3) is 5.69 Å². The summed E-state index contributed by atoms with van der Waals surface area (Å²) in [6.07, 6.45) is 1.18. The Bertz CT molecular complexity index is 1240. The van der Waals surface area contributed by atoms with Gasteiger partial charge in [-0.3, -0.25) is 24.0 Å². The molecule has 1 atom stereocenters. The largest absolute Gasteiger partial charge is 0.497 e. The lowest BCUT2D eigenvalue weighted by molar-refractivity contribution is -0.384. The maximum atomic E-state index is 13.7. The first-order valence-electron chi connectivity index (χ1n) is 11.6. The summed E-state index contributed by atoms with van der Waals surface area (Å²) in [6, 6.07) is 11.1. The van der Waals surface area contributed by atoms with Crippen molar-refractivity contribution in [3.8, 4) is 5.75 Å². The second-order valence-corrected chi connectivity index (χ2v) is 11.5. The van der Waals surface area contributed by atoms with Crippen LogP contribution in [0, 0.1) is 10.1 Å². The molecule has 1 N–H and O–H groups in total. The fraction of sp³-hybridized carbons (Fsp3) is 0.440. The number of ether oxygens (including phenoxy) is 1. The van der Waals surface area contributed by atoms with Crippen molar-refractivity contribution in [1.29, 1.82) is 0 Å². The molecule has 37 heavy (non-hydrogen) atoms. The Balaban J connectivity index is 2.51. The number of nitro benzene ring substituents is 1. The fourth-order valence-electron chi connectivity index (χ4n) is 3.72. The first-order valence-corrected chi connectivity index (χ1v) is 13.5. The van der Waals surface area contributed by atoms with Crippen LogP contribution in [0.2, 0.25) is 0 Å². The highest BCUT2D eigenvalue weighted by atomic mass is 32.2. The molecule has 2 amide bonds. The molecule has 12 heteroatoms. The van der Waals surface area contributed by atoms with Crippen LogP contribution >= 0.6 is 0 Å². The predicted molar refractivity (Wildman–Crippen MR) is 141 cm³/mol. The van der Waals surface area contributed by atoms with Crippen LogP contribution in [0.15, 0.2) is 48.5 Å². The Morgan fingerprint density at radius 2 is 1.78 bits per heavy atom. The Labute approximate surface area is 217 Å². The van der Waals surface area contributed by atoms with Gasteiger partial charge < -0.3 is 15.0 Å². The van der Waals surface area contributed by atoms with Crippen molar-refractivity contribution in [3.05, 3.63) is 64.2 Å². The monoisotopic (exact) mass is 534 g/mol. The van der Waals surface area contributed by atoms with Gasteiger partial charge in [0.15, 0.2) is 0 Å². The van der Waals surface area contributed by atoms with Crippen LogP contribution in [0.1, 0.15) is 39.7 Å². The lowest BCUT2D eigenvalue weighted by Crippen LogP contribution is -2.55. The van der Waals surface area contributed by atoms with Crippen LogP contribution in [-0.4, -0.2) is 61.5 Å². The third-order valence-corrected chi connectivity index (χ3v) is 6.52. The average molecular weight is 535 g/mol. The number of hydrogen-bond donors (Lipinski definition) is 1. The quantitative estimate of drug-likeness (QED) is 0.345. The van der Waals surface area contributed by atoms with Crippen molar-refractivity contribution >= 4 is 33.2 Å². The molecule has 0 bridgehead atoms. The number of hydrogen-bond acceptors (Lipinski definition) is 7. The molecule has 2 rings (SSSR count). The minimum absolute atomic E-state index is 0.0125. The number of rotatable bonds is 11. The second-order valence-electron chi connectivity index (χ2n) is 9.58. The molecule has 0 saturated carbocycles. The summed E-state index contributed by atoms with van der Waals surface area (Å²) in [6.45, 7) is 6.58. The zero-order valence-electron chi connectivity index (χ0n) is 21.9. The number of carbonyl (C=O) groups is 2. The van der Waals surface area contributed by atoms with Gasteiger partial charge in [0, 0.05) is 24.2 Å². The SMILES string of the molecule is CCC(C(=O)NC(C)(C)C)N(Cc1cccc(OC)c1)C(=O)CN(c1cccc([N+](=O)[O-])c1)S(C)(=O)=O. The van der Waals surface area contributed by atoms with Gasteiger partial charge in [0.05, 0.1) is 24.0 Å². The maximum absolute atomic E-state index is 13.7. The highest BCUT2D eigenvalue weighted by molar-refractivity contribution is 7.92. The number of nitro groups is 1. The second kappa shape index (κ2) is 12.0. The van der Waals surface area contributed by atoms with Gasteiger partial charge in [-0.15, -0.1) is 0 Å². The Kier molecular flexibility index (Phi) is 9.62. The molecule has 0 aliphatic carbocycles. The molecule has 0 saturated heterocycles. The van der Waals surface area contributed by atoms with E-state index < -0.39 is 39.0 Å². The summed E-state index contributed by atoms with van der Waals surface area (Å²) in [4.78, 5) is 38.8. The summed E-state index contributed by atoms with van der Waals surface area (Å²) in [5.41, 5.74) is -0.228. The summed E-state index contributed by atoms with van der Waals surface area (Å²) >= 11 is 0. The van der Waals surface area contributed by atoms with Crippen molar-refractivity contribution in [3.63, 3.8) is 0 Å². The van der Waals surface area contributed by atoms with Gasteiger partial charge in [0.1, 0.15) is 18.3 Å². The molecule has 1 unspecified atom stereocenters. The van der Waals surface area contributed by atoms with E-state index in [-0.39, 0.29) is 30.2 Å². The lowest BCUT2D eigenvalue weighted by Gasteiger charge is -2.34. The number of nitrogens with one attached hydrogen (secondary N) is 1. The van der Waals surface area contributed by atoms with E-state index in [2.05, 4.69) is 5.32 Å². The van der Waals surface area contributed by atoms with Gasteiger partial charge in [0.2, 0.25) is 21.8 Å². The van der Waals surface area contributed by atoms with E-state index in [4.69, 9.17) is 4.74 Å². The van der Waals surface area contributed by atoms with Crippen molar-refractivity contribution in [2.75, 3.05) is 24.2 Å². The van der Waals surface area contributed by atoms with Crippen molar-refractivity contribution < 1.29 is 27.7 Å². The first-order chi connectivity index (χ1) is 17.2. The topological polar surface area (TPSA) is 139 Å². The van der Waals surface area contributed by atoms with Gasteiger partial charge in [-0.25, -0.2) is 8.42 Å². The Morgan fingerprint density at radius 1 is 1.14 bits per heavy atom. The van der Waals surface area contributed by atoms with E-state index in [1.807, 2.05) is 20.8 Å². The third-order valence-electron chi connectivity index (χ3n) is 5.38.